The van der Waals surface area contributed by atoms with E-state index in [0.717, 1.165) is 0 Å². The number of hydrogen-bond donors (Lipinski definition) is 2. The molecule has 0 aliphatic heterocycles. The number of para-hydroxylation sites is 1. The lowest BCUT2D eigenvalue weighted by molar-refractivity contribution is 0.0602. The van der Waals surface area contributed by atoms with Gasteiger partial charge < -0.3 is 24.8 Å². The molecular formula is C19H19N5O4. The van der Waals surface area contributed by atoms with E-state index in [2.05, 4.69) is 25.8 Å². The number of aromatic nitrogens is 3. The van der Waals surface area contributed by atoms with E-state index in [1.807, 2.05) is 0 Å². The lowest BCUT2D eigenvalue weighted by Crippen LogP contribution is -2.07. The topological polar surface area (TPSA) is 107 Å². The monoisotopic (exact) mass is 381 g/mol. The number of methoxy groups -OCH3 is 3. The maximum Gasteiger partial charge on any atom is 0.339 e. The lowest BCUT2D eigenvalue weighted by Gasteiger charge is -2.12. The summed E-state index contributed by atoms with van der Waals surface area (Å²) in [4.78, 5) is 16.3. The van der Waals surface area contributed by atoms with Crippen LogP contribution in [0, 0.1) is 0 Å². The van der Waals surface area contributed by atoms with Crippen LogP contribution in [-0.2, 0) is 4.74 Å². The molecule has 0 atom stereocenters. The van der Waals surface area contributed by atoms with Crippen LogP contribution in [0.1, 0.15) is 10.4 Å². The molecule has 0 radical (unpaired) electrons. The molecule has 0 unspecified atom stereocenters. The van der Waals surface area contributed by atoms with E-state index >= 15 is 0 Å². The minimum atomic E-state index is -0.452. The zero-order chi connectivity index (χ0) is 19.9. The second kappa shape index (κ2) is 8.67. The van der Waals surface area contributed by atoms with Crippen LogP contribution in [0.15, 0.2) is 48.7 Å². The van der Waals surface area contributed by atoms with Gasteiger partial charge in [0.25, 0.3) is 0 Å². The molecule has 28 heavy (non-hydrogen) atoms. The second-order valence-electron chi connectivity index (χ2n) is 5.52. The first kappa shape index (κ1) is 18.9. The molecule has 0 bridgehead atoms. The van der Waals surface area contributed by atoms with E-state index in [-0.39, 0.29) is 5.95 Å². The van der Waals surface area contributed by atoms with Crippen LogP contribution < -0.4 is 20.1 Å². The van der Waals surface area contributed by atoms with Crippen LogP contribution in [0.4, 0.5) is 23.1 Å². The number of nitrogens with one attached hydrogen (secondary N) is 2. The van der Waals surface area contributed by atoms with Gasteiger partial charge in [0.2, 0.25) is 5.95 Å². The van der Waals surface area contributed by atoms with Gasteiger partial charge in [-0.15, -0.1) is 5.10 Å². The maximum absolute atomic E-state index is 11.9. The SMILES string of the molecule is COC(=O)c1ccccc1Nc1cnnc(Nc2ccc(OC)cc2OC)n1. The fraction of sp³-hybridized carbons (Fsp3) is 0.158. The molecule has 2 aromatic carbocycles. The Morgan fingerprint density at radius 2 is 1.79 bits per heavy atom. The predicted molar refractivity (Wildman–Crippen MR) is 104 cm³/mol. The molecule has 0 saturated carbocycles. The third kappa shape index (κ3) is 4.26. The molecule has 2 N–H and O–H groups in total. The Morgan fingerprint density at radius 3 is 2.54 bits per heavy atom. The van der Waals surface area contributed by atoms with Gasteiger partial charge in [-0.2, -0.15) is 10.1 Å². The molecule has 1 aromatic heterocycles. The highest BCUT2D eigenvalue weighted by atomic mass is 16.5. The van der Waals surface area contributed by atoms with Gasteiger partial charge in [-0.3, -0.25) is 0 Å². The average Bonchev–Trinajstić information content (AvgIpc) is 2.74. The summed E-state index contributed by atoms with van der Waals surface area (Å²) >= 11 is 0. The number of carbonyl (C=O) groups is 1. The van der Waals surface area contributed by atoms with Crippen molar-refractivity contribution < 1.29 is 19.0 Å². The first-order valence-electron chi connectivity index (χ1n) is 8.27. The molecule has 9 heteroatoms. The van der Waals surface area contributed by atoms with Crippen molar-refractivity contribution in [1.82, 2.24) is 15.2 Å². The summed E-state index contributed by atoms with van der Waals surface area (Å²) in [6.07, 6.45) is 1.45. The van der Waals surface area contributed by atoms with Crippen molar-refractivity contribution in [2.45, 2.75) is 0 Å². The number of carbonyl (C=O) groups excluding carboxylic acids is 1. The molecule has 0 saturated heterocycles. The van der Waals surface area contributed by atoms with E-state index in [1.54, 1.807) is 56.7 Å². The summed E-state index contributed by atoms with van der Waals surface area (Å²) in [5.41, 5.74) is 1.58. The normalized spacial score (nSPS) is 10.1. The first-order valence-corrected chi connectivity index (χ1v) is 8.27. The maximum atomic E-state index is 11.9. The van der Waals surface area contributed by atoms with Gasteiger partial charge in [0.15, 0.2) is 5.82 Å². The minimum absolute atomic E-state index is 0.254. The summed E-state index contributed by atoms with van der Waals surface area (Å²) < 4.78 is 15.3. The number of esters is 1. The van der Waals surface area contributed by atoms with E-state index in [1.165, 1.54) is 13.3 Å². The highest BCUT2D eigenvalue weighted by Crippen LogP contribution is 2.30. The Bertz CT molecular complexity index is 980. The van der Waals surface area contributed by atoms with E-state index in [9.17, 15) is 4.79 Å². The number of rotatable bonds is 7. The number of anilines is 4. The summed E-state index contributed by atoms with van der Waals surface area (Å²) in [5, 5.41) is 14.0. The highest BCUT2D eigenvalue weighted by molar-refractivity contribution is 5.96. The third-order valence-corrected chi connectivity index (χ3v) is 3.81. The van der Waals surface area contributed by atoms with Crippen molar-refractivity contribution in [1.29, 1.82) is 0 Å². The standard InChI is InChI=1S/C19H19N5O4/c1-26-12-8-9-15(16(10-12)27-2)22-19-23-17(11-20-24-19)21-14-7-5-4-6-13(14)18(25)28-3/h4-11H,1-3H3,(H2,21,22,23,24). The van der Waals surface area contributed by atoms with Crippen molar-refractivity contribution in [2.75, 3.05) is 32.0 Å². The zero-order valence-electron chi connectivity index (χ0n) is 15.6. The molecule has 0 spiro atoms. The average molecular weight is 381 g/mol. The molecule has 3 aromatic rings. The van der Waals surface area contributed by atoms with E-state index in [0.29, 0.717) is 34.3 Å². The fourth-order valence-electron chi connectivity index (χ4n) is 2.46. The third-order valence-electron chi connectivity index (χ3n) is 3.81. The number of hydrogen-bond acceptors (Lipinski definition) is 9. The summed E-state index contributed by atoms with van der Waals surface area (Å²) in [5.74, 6) is 1.44. The quantitative estimate of drug-likeness (QED) is 0.597. The molecule has 144 valence electrons. The number of nitrogens with zero attached hydrogens (tertiary/aromatic N) is 3. The Labute approximate surface area is 161 Å². The summed E-state index contributed by atoms with van der Waals surface area (Å²) in [7, 11) is 4.46. The van der Waals surface area contributed by atoms with Gasteiger partial charge in [-0.1, -0.05) is 12.1 Å². The van der Waals surface area contributed by atoms with Crippen molar-refractivity contribution in [2.24, 2.45) is 0 Å². The predicted octanol–water partition coefficient (Wildman–Crippen LogP) is 3.16. The minimum Gasteiger partial charge on any atom is -0.497 e. The van der Waals surface area contributed by atoms with E-state index in [4.69, 9.17) is 14.2 Å². The fourth-order valence-corrected chi connectivity index (χ4v) is 2.46. The number of ether oxygens (including phenoxy) is 3. The largest absolute Gasteiger partial charge is 0.497 e. The molecule has 0 amide bonds. The van der Waals surface area contributed by atoms with Crippen molar-refractivity contribution in [3.05, 3.63) is 54.2 Å². The molecule has 0 aliphatic rings. The van der Waals surface area contributed by atoms with Crippen molar-refractivity contribution in [3.63, 3.8) is 0 Å². The van der Waals surface area contributed by atoms with Crippen LogP contribution in [0.5, 0.6) is 11.5 Å². The van der Waals surface area contributed by atoms with Crippen molar-refractivity contribution >= 4 is 29.1 Å². The highest BCUT2D eigenvalue weighted by Gasteiger charge is 2.13. The Kier molecular flexibility index (Phi) is 5.85. The van der Waals surface area contributed by atoms with E-state index < -0.39 is 5.97 Å². The van der Waals surface area contributed by atoms with Gasteiger partial charge in [0.05, 0.1) is 44.5 Å². The summed E-state index contributed by atoms with van der Waals surface area (Å²) in [6.45, 7) is 0. The zero-order valence-corrected chi connectivity index (χ0v) is 15.6. The van der Waals surface area contributed by atoms with Gasteiger partial charge >= 0.3 is 5.97 Å². The smallest absolute Gasteiger partial charge is 0.339 e. The number of benzene rings is 2. The van der Waals surface area contributed by atoms with Crippen LogP contribution >= 0.6 is 0 Å². The Morgan fingerprint density at radius 1 is 0.964 bits per heavy atom. The first-order chi connectivity index (χ1) is 13.6. The molecule has 0 fully saturated rings. The van der Waals surface area contributed by atoms with Gasteiger partial charge in [-0.25, -0.2) is 4.79 Å². The molecule has 3 rings (SSSR count). The van der Waals surface area contributed by atoms with Gasteiger partial charge in [0, 0.05) is 6.07 Å². The van der Waals surface area contributed by atoms with Crippen LogP contribution in [-0.4, -0.2) is 42.5 Å². The Hall–Kier alpha value is -3.88. The van der Waals surface area contributed by atoms with Gasteiger partial charge in [-0.05, 0) is 24.3 Å². The van der Waals surface area contributed by atoms with Crippen LogP contribution in [0.3, 0.4) is 0 Å². The Balaban J connectivity index is 1.83. The van der Waals surface area contributed by atoms with Crippen LogP contribution in [0.25, 0.3) is 0 Å². The molecule has 0 aliphatic carbocycles. The summed E-state index contributed by atoms with van der Waals surface area (Å²) in [6, 6.07) is 12.3. The second-order valence-corrected chi connectivity index (χ2v) is 5.52. The molecular weight excluding hydrogens is 362 g/mol. The van der Waals surface area contributed by atoms with Crippen molar-refractivity contribution in [3.8, 4) is 11.5 Å². The lowest BCUT2D eigenvalue weighted by atomic mass is 10.2. The van der Waals surface area contributed by atoms with Crippen LogP contribution in [0.2, 0.25) is 0 Å². The molecule has 9 nitrogen and oxygen atoms in total. The van der Waals surface area contributed by atoms with Gasteiger partial charge in [0.1, 0.15) is 11.5 Å². The molecule has 1 heterocycles.